The fourth-order valence-electron chi connectivity index (χ4n) is 2.74. The van der Waals surface area contributed by atoms with Crippen molar-refractivity contribution in [2.75, 3.05) is 13.6 Å². The summed E-state index contributed by atoms with van der Waals surface area (Å²) in [6.45, 7) is 2.38. The summed E-state index contributed by atoms with van der Waals surface area (Å²) in [5, 5.41) is 1.35. The smallest absolute Gasteiger partial charge is 0.0480 e. The van der Waals surface area contributed by atoms with Gasteiger partial charge in [-0.3, -0.25) is 0 Å². The molecule has 0 bridgehead atoms. The molecule has 1 aliphatic heterocycles. The van der Waals surface area contributed by atoms with E-state index in [1.165, 1.54) is 30.3 Å². The first-order valence-electron chi connectivity index (χ1n) is 6.09. The largest absolute Gasteiger partial charge is 0.346 e. The second-order valence-corrected chi connectivity index (χ2v) is 4.80. The maximum absolute atomic E-state index is 2.48. The van der Waals surface area contributed by atoms with Gasteiger partial charge in [-0.1, -0.05) is 18.2 Å². The van der Waals surface area contributed by atoms with Gasteiger partial charge in [-0.2, -0.15) is 0 Å². The van der Waals surface area contributed by atoms with Crippen molar-refractivity contribution in [3.63, 3.8) is 0 Å². The highest BCUT2D eigenvalue weighted by atomic mass is 15.2. The molecule has 1 saturated heterocycles. The van der Waals surface area contributed by atoms with E-state index in [0.29, 0.717) is 0 Å². The molecule has 2 nitrogen and oxygen atoms in total. The third-order valence-electron chi connectivity index (χ3n) is 3.76. The summed E-state index contributed by atoms with van der Waals surface area (Å²) in [5.41, 5.74) is 1.36. The first kappa shape index (κ1) is 9.91. The first-order chi connectivity index (χ1) is 7.84. The van der Waals surface area contributed by atoms with Gasteiger partial charge in [0.25, 0.3) is 0 Å². The lowest BCUT2D eigenvalue weighted by Crippen LogP contribution is -2.28. The van der Waals surface area contributed by atoms with Gasteiger partial charge < -0.3 is 9.47 Å². The number of rotatable bonds is 2. The van der Waals surface area contributed by atoms with E-state index in [-0.39, 0.29) is 0 Å². The normalized spacial score (nSPS) is 21.9. The van der Waals surface area contributed by atoms with Crippen molar-refractivity contribution in [1.29, 1.82) is 0 Å². The molecule has 84 valence electrons. The van der Waals surface area contributed by atoms with Crippen molar-refractivity contribution >= 4 is 10.9 Å². The number of likely N-dealkylation sites (N-methyl/N-ethyl adjacent to an activating group) is 1. The van der Waals surface area contributed by atoms with E-state index in [0.717, 1.165) is 12.6 Å². The van der Waals surface area contributed by atoms with Crippen LogP contribution in [0.1, 0.15) is 12.8 Å². The summed E-state index contributed by atoms with van der Waals surface area (Å²) in [4.78, 5) is 2.48. The predicted molar refractivity (Wildman–Crippen MR) is 67.6 cm³/mol. The third-order valence-corrected chi connectivity index (χ3v) is 3.76. The summed E-state index contributed by atoms with van der Waals surface area (Å²) in [6.07, 6.45) is 4.90. The summed E-state index contributed by atoms with van der Waals surface area (Å²) in [6, 6.07) is 11.6. The summed E-state index contributed by atoms with van der Waals surface area (Å²) in [7, 11) is 2.24. The maximum atomic E-state index is 2.48. The molecule has 2 heterocycles. The molecule has 16 heavy (non-hydrogen) atoms. The van der Waals surface area contributed by atoms with Crippen LogP contribution in [0.4, 0.5) is 0 Å². The SMILES string of the molecule is CN1CCC[C@H]1Cn1ccc2ccccc21. The Balaban J connectivity index is 1.89. The van der Waals surface area contributed by atoms with Crippen LogP contribution in [0.3, 0.4) is 0 Å². The van der Waals surface area contributed by atoms with Crippen LogP contribution in [-0.2, 0) is 6.54 Å². The Bertz CT molecular complexity index is 486. The van der Waals surface area contributed by atoms with Crippen LogP contribution in [0.2, 0.25) is 0 Å². The molecule has 2 aromatic rings. The number of aromatic nitrogens is 1. The van der Waals surface area contributed by atoms with Crippen LogP contribution < -0.4 is 0 Å². The maximum Gasteiger partial charge on any atom is 0.0480 e. The fourth-order valence-corrected chi connectivity index (χ4v) is 2.74. The zero-order valence-corrected chi connectivity index (χ0v) is 9.76. The molecule has 1 fully saturated rings. The van der Waals surface area contributed by atoms with E-state index in [1.54, 1.807) is 0 Å². The molecule has 0 radical (unpaired) electrons. The molecule has 0 spiro atoms. The highest BCUT2D eigenvalue weighted by Gasteiger charge is 2.21. The molecule has 1 aromatic heterocycles. The van der Waals surface area contributed by atoms with E-state index >= 15 is 0 Å². The summed E-state index contributed by atoms with van der Waals surface area (Å²) in [5.74, 6) is 0. The molecule has 0 saturated carbocycles. The van der Waals surface area contributed by atoms with Crippen LogP contribution in [-0.4, -0.2) is 29.1 Å². The van der Waals surface area contributed by atoms with E-state index in [1.807, 2.05) is 0 Å². The Morgan fingerprint density at radius 2 is 2.12 bits per heavy atom. The lowest BCUT2D eigenvalue weighted by Gasteiger charge is -2.20. The molecule has 3 rings (SSSR count). The van der Waals surface area contributed by atoms with Gasteiger partial charge in [-0.05, 0) is 44.0 Å². The van der Waals surface area contributed by atoms with Gasteiger partial charge in [-0.25, -0.2) is 0 Å². The van der Waals surface area contributed by atoms with Crippen LogP contribution in [0, 0.1) is 0 Å². The van der Waals surface area contributed by atoms with Crippen LogP contribution in [0.25, 0.3) is 10.9 Å². The Morgan fingerprint density at radius 3 is 2.94 bits per heavy atom. The number of hydrogen-bond acceptors (Lipinski definition) is 1. The topological polar surface area (TPSA) is 8.17 Å². The van der Waals surface area contributed by atoms with Gasteiger partial charge in [0, 0.05) is 24.3 Å². The minimum atomic E-state index is 0.718. The monoisotopic (exact) mass is 214 g/mol. The van der Waals surface area contributed by atoms with E-state index in [4.69, 9.17) is 0 Å². The lowest BCUT2D eigenvalue weighted by molar-refractivity contribution is 0.284. The Labute approximate surface area is 96.5 Å². The van der Waals surface area contributed by atoms with E-state index in [2.05, 4.69) is 53.0 Å². The Morgan fingerprint density at radius 1 is 1.25 bits per heavy atom. The molecule has 1 atom stereocenters. The molecule has 0 unspecified atom stereocenters. The van der Waals surface area contributed by atoms with Gasteiger partial charge in [0.05, 0.1) is 0 Å². The number of para-hydroxylation sites is 1. The molecule has 0 N–H and O–H groups in total. The van der Waals surface area contributed by atoms with Gasteiger partial charge >= 0.3 is 0 Å². The van der Waals surface area contributed by atoms with E-state index in [9.17, 15) is 0 Å². The zero-order chi connectivity index (χ0) is 11.0. The predicted octanol–water partition coefficient (Wildman–Crippen LogP) is 2.74. The fraction of sp³-hybridized carbons (Fsp3) is 0.429. The van der Waals surface area contributed by atoms with Crippen molar-refractivity contribution < 1.29 is 0 Å². The highest BCUT2D eigenvalue weighted by Crippen LogP contribution is 2.20. The van der Waals surface area contributed by atoms with E-state index < -0.39 is 0 Å². The van der Waals surface area contributed by atoms with Gasteiger partial charge in [0.1, 0.15) is 0 Å². The third kappa shape index (κ3) is 1.63. The minimum absolute atomic E-state index is 0.718. The van der Waals surface area contributed by atoms with Gasteiger partial charge in [0.15, 0.2) is 0 Å². The average molecular weight is 214 g/mol. The van der Waals surface area contributed by atoms with Crippen LogP contribution in [0.5, 0.6) is 0 Å². The summed E-state index contributed by atoms with van der Waals surface area (Å²) >= 11 is 0. The molecular formula is C14H18N2. The molecule has 1 aliphatic rings. The Hall–Kier alpha value is -1.28. The second kappa shape index (κ2) is 3.95. The number of nitrogens with zero attached hydrogens (tertiary/aromatic N) is 2. The van der Waals surface area contributed by atoms with Crippen LogP contribution in [0.15, 0.2) is 36.5 Å². The molecule has 2 heteroatoms. The number of fused-ring (bicyclic) bond motifs is 1. The minimum Gasteiger partial charge on any atom is -0.346 e. The quantitative estimate of drug-likeness (QED) is 0.746. The average Bonchev–Trinajstić information content (AvgIpc) is 2.88. The zero-order valence-electron chi connectivity index (χ0n) is 9.76. The molecule has 0 aliphatic carbocycles. The van der Waals surface area contributed by atoms with Crippen molar-refractivity contribution in [3.05, 3.63) is 36.5 Å². The highest BCUT2D eigenvalue weighted by molar-refractivity contribution is 5.79. The first-order valence-corrected chi connectivity index (χ1v) is 6.09. The number of hydrogen-bond donors (Lipinski definition) is 0. The lowest BCUT2D eigenvalue weighted by atomic mass is 10.2. The molecule has 1 aromatic carbocycles. The van der Waals surface area contributed by atoms with Crippen LogP contribution >= 0.6 is 0 Å². The standard InChI is InChI=1S/C14H18N2/c1-15-9-4-6-13(15)11-16-10-8-12-5-2-3-7-14(12)16/h2-3,5,7-8,10,13H,4,6,9,11H2,1H3/t13-/m0/s1. The van der Waals surface area contributed by atoms with Crippen molar-refractivity contribution in [3.8, 4) is 0 Å². The van der Waals surface area contributed by atoms with Crippen molar-refractivity contribution in [2.45, 2.75) is 25.4 Å². The Kier molecular flexibility index (Phi) is 2.44. The van der Waals surface area contributed by atoms with Crippen molar-refractivity contribution in [2.24, 2.45) is 0 Å². The number of benzene rings is 1. The van der Waals surface area contributed by atoms with Crippen molar-refractivity contribution in [1.82, 2.24) is 9.47 Å². The summed E-state index contributed by atoms with van der Waals surface area (Å²) < 4.78 is 2.39. The molecule has 0 amide bonds. The number of likely N-dealkylation sites (tertiary alicyclic amines) is 1. The second-order valence-electron chi connectivity index (χ2n) is 4.80. The molecular weight excluding hydrogens is 196 g/mol. The van der Waals surface area contributed by atoms with Gasteiger partial charge in [0.2, 0.25) is 0 Å². The van der Waals surface area contributed by atoms with Gasteiger partial charge in [-0.15, -0.1) is 0 Å².